The predicted molar refractivity (Wildman–Crippen MR) is 129 cm³/mol. The smallest absolute Gasteiger partial charge is 0.360 e. The Morgan fingerprint density at radius 2 is 1.74 bits per heavy atom. The van der Waals surface area contributed by atoms with Crippen molar-refractivity contribution in [3.8, 4) is 0 Å². The van der Waals surface area contributed by atoms with Crippen LogP contribution in [-0.4, -0.2) is 40.0 Å². The van der Waals surface area contributed by atoms with Gasteiger partial charge in [0.05, 0.1) is 17.6 Å². The number of hydrogen-bond donors (Lipinski definition) is 3. The van der Waals surface area contributed by atoms with Gasteiger partial charge in [0.2, 0.25) is 5.91 Å². The Balaban J connectivity index is 1.66. The summed E-state index contributed by atoms with van der Waals surface area (Å²) in [5.74, 6) is 0.623. The van der Waals surface area contributed by atoms with E-state index in [2.05, 4.69) is 46.7 Å². The van der Waals surface area contributed by atoms with E-state index < -0.39 is 11.7 Å². The lowest BCUT2D eigenvalue weighted by Gasteiger charge is -2.34. The average molecular weight is 480 g/mol. The van der Waals surface area contributed by atoms with Crippen molar-refractivity contribution in [2.45, 2.75) is 96.4 Å². The SMILES string of the molecule is CCCCc1nc(NCC(=O)NC2CCC(NC(C)(C)C)CC2)c2cc(C(F)(F)F)ccc2n1. The molecule has 1 amide bonds. The molecule has 188 valence electrons. The van der Waals surface area contributed by atoms with E-state index in [0.717, 1.165) is 50.7 Å². The lowest BCUT2D eigenvalue weighted by molar-refractivity contribution is -0.137. The molecule has 1 aliphatic carbocycles. The summed E-state index contributed by atoms with van der Waals surface area (Å²) < 4.78 is 39.8. The summed E-state index contributed by atoms with van der Waals surface area (Å²) in [6, 6.07) is 3.99. The molecule has 0 spiro atoms. The number of nitrogens with zero attached hydrogens (tertiary/aromatic N) is 2. The van der Waals surface area contributed by atoms with Crippen LogP contribution in [0, 0.1) is 0 Å². The number of hydrogen-bond acceptors (Lipinski definition) is 5. The number of amides is 1. The molecule has 3 N–H and O–H groups in total. The van der Waals surface area contributed by atoms with Gasteiger partial charge in [0.15, 0.2) is 0 Å². The van der Waals surface area contributed by atoms with Crippen molar-refractivity contribution < 1.29 is 18.0 Å². The van der Waals surface area contributed by atoms with E-state index >= 15 is 0 Å². The molecule has 0 aliphatic heterocycles. The number of aromatic nitrogens is 2. The monoisotopic (exact) mass is 479 g/mol. The summed E-state index contributed by atoms with van der Waals surface area (Å²) in [6.45, 7) is 8.43. The van der Waals surface area contributed by atoms with Crippen molar-refractivity contribution in [1.82, 2.24) is 20.6 Å². The van der Waals surface area contributed by atoms with Crippen molar-refractivity contribution in [2.24, 2.45) is 0 Å². The molecule has 34 heavy (non-hydrogen) atoms. The highest BCUT2D eigenvalue weighted by Crippen LogP contribution is 2.33. The number of anilines is 1. The molecule has 6 nitrogen and oxygen atoms in total. The standard InChI is InChI=1S/C25H36F3N5O/c1-5-6-7-21-31-20-13-8-16(25(26,27)28)14-19(20)23(32-21)29-15-22(34)30-17-9-11-18(12-10-17)33-24(2,3)4/h8,13-14,17-18,33H,5-7,9-12,15H2,1-4H3,(H,30,34)(H,29,31,32). The predicted octanol–water partition coefficient (Wildman–Crippen LogP) is 5.22. The lowest BCUT2D eigenvalue weighted by Crippen LogP contribution is -2.48. The molecule has 9 heteroatoms. The van der Waals surface area contributed by atoms with E-state index in [0.29, 0.717) is 23.8 Å². The first-order chi connectivity index (χ1) is 15.9. The minimum absolute atomic E-state index is 0.0598. The van der Waals surface area contributed by atoms with Gasteiger partial charge in [0, 0.05) is 29.4 Å². The number of aryl methyl sites for hydroxylation is 1. The first kappa shape index (κ1) is 26.2. The van der Waals surface area contributed by atoms with E-state index in [1.807, 2.05) is 6.92 Å². The van der Waals surface area contributed by atoms with Gasteiger partial charge >= 0.3 is 6.18 Å². The zero-order valence-electron chi connectivity index (χ0n) is 20.5. The maximum absolute atomic E-state index is 13.3. The van der Waals surface area contributed by atoms with Gasteiger partial charge in [-0.3, -0.25) is 4.79 Å². The molecular weight excluding hydrogens is 443 g/mol. The number of carbonyl (C=O) groups is 1. The quantitative estimate of drug-likeness (QED) is 0.484. The van der Waals surface area contributed by atoms with Gasteiger partial charge in [-0.25, -0.2) is 9.97 Å². The minimum atomic E-state index is -4.47. The lowest BCUT2D eigenvalue weighted by atomic mass is 9.89. The fourth-order valence-corrected chi connectivity index (χ4v) is 4.37. The Labute approximate surface area is 199 Å². The number of fused-ring (bicyclic) bond motifs is 1. The van der Waals surface area contributed by atoms with Crippen LogP contribution >= 0.6 is 0 Å². The largest absolute Gasteiger partial charge is 0.416 e. The first-order valence-corrected chi connectivity index (χ1v) is 12.1. The molecule has 1 aromatic heterocycles. The first-order valence-electron chi connectivity index (χ1n) is 12.1. The topological polar surface area (TPSA) is 78.9 Å². The zero-order valence-corrected chi connectivity index (χ0v) is 20.5. The van der Waals surface area contributed by atoms with Crippen molar-refractivity contribution in [3.63, 3.8) is 0 Å². The highest BCUT2D eigenvalue weighted by Gasteiger charge is 2.31. The summed E-state index contributed by atoms with van der Waals surface area (Å²) >= 11 is 0. The van der Waals surface area contributed by atoms with Crippen LogP contribution in [0.3, 0.4) is 0 Å². The van der Waals surface area contributed by atoms with Crippen molar-refractivity contribution in [1.29, 1.82) is 0 Å². The number of rotatable bonds is 8. The van der Waals surface area contributed by atoms with Crippen molar-refractivity contribution >= 4 is 22.6 Å². The Morgan fingerprint density at radius 3 is 2.35 bits per heavy atom. The van der Waals surface area contributed by atoms with Gasteiger partial charge in [-0.05, 0) is 71.1 Å². The van der Waals surface area contributed by atoms with Crippen LogP contribution in [0.15, 0.2) is 18.2 Å². The van der Waals surface area contributed by atoms with Crippen LogP contribution < -0.4 is 16.0 Å². The third-order valence-electron chi connectivity index (χ3n) is 5.97. The highest BCUT2D eigenvalue weighted by atomic mass is 19.4. The van der Waals surface area contributed by atoms with Gasteiger partial charge in [0.1, 0.15) is 11.6 Å². The molecule has 1 saturated carbocycles. The molecule has 1 fully saturated rings. The van der Waals surface area contributed by atoms with Gasteiger partial charge in [0.25, 0.3) is 0 Å². The Bertz CT molecular complexity index is 979. The Kier molecular flexibility index (Phi) is 8.38. The highest BCUT2D eigenvalue weighted by molar-refractivity contribution is 5.91. The summed E-state index contributed by atoms with van der Waals surface area (Å²) in [5, 5.41) is 9.89. The van der Waals surface area contributed by atoms with E-state index in [1.165, 1.54) is 6.07 Å². The van der Waals surface area contributed by atoms with Crippen molar-refractivity contribution in [2.75, 3.05) is 11.9 Å². The number of alkyl halides is 3. The molecule has 0 radical (unpaired) electrons. The van der Waals surface area contributed by atoms with Gasteiger partial charge in [-0.2, -0.15) is 13.2 Å². The Hall–Kier alpha value is -2.42. The molecule has 2 aromatic rings. The van der Waals surface area contributed by atoms with Crippen LogP contribution in [0.1, 0.15) is 77.6 Å². The van der Waals surface area contributed by atoms with Gasteiger partial charge in [-0.15, -0.1) is 0 Å². The van der Waals surface area contributed by atoms with E-state index in [4.69, 9.17) is 0 Å². The number of carbonyl (C=O) groups excluding carboxylic acids is 1. The number of nitrogens with one attached hydrogen (secondary N) is 3. The summed E-state index contributed by atoms with van der Waals surface area (Å²) in [6.07, 6.45) is 1.76. The third-order valence-corrected chi connectivity index (χ3v) is 5.97. The van der Waals surface area contributed by atoms with Gasteiger partial charge in [-0.1, -0.05) is 13.3 Å². The van der Waals surface area contributed by atoms with Crippen LogP contribution in [-0.2, 0) is 17.4 Å². The van der Waals surface area contributed by atoms with E-state index in [-0.39, 0.29) is 35.2 Å². The van der Waals surface area contributed by atoms with Gasteiger partial charge < -0.3 is 16.0 Å². The maximum atomic E-state index is 13.3. The van der Waals surface area contributed by atoms with Crippen LogP contribution in [0.2, 0.25) is 0 Å². The summed E-state index contributed by atoms with van der Waals surface area (Å²) in [4.78, 5) is 21.5. The fourth-order valence-electron chi connectivity index (χ4n) is 4.37. The molecule has 0 unspecified atom stereocenters. The molecular formula is C25H36F3N5O. The second-order valence-corrected chi connectivity index (χ2v) is 10.2. The summed E-state index contributed by atoms with van der Waals surface area (Å²) in [7, 11) is 0. The molecule has 1 aliphatic rings. The second-order valence-electron chi connectivity index (χ2n) is 10.2. The molecule has 3 rings (SSSR count). The van der Waals surface area contributed by atoms with Crippen LogP contribution in [0.4, 0.5) is 19.0 Å². The second kappa shape index (κ2) is 10.9. The molecule has 1 aromatic carbocycles. The zero-order chi connectivity index (χ0) is 24.9. The van der Waals surface area contributed by atoms with Crippen molar-refractivity contribution in [3.05, 3.63) is 29.6 Å². The maximum Gasteiger partial charge on any atom is 0.416 e. The minimum Gasteiger partial charge on any atom is -0.360 e. The molecule has 1 heterocycles. The summed E-state index contributed by atoms with van der Waals surface area (Å²) in [5.41, 5.74) is -0.271. The number of halogens is 3. The number of benzene rings is 1. The van der Waals surface area contributed by atoms with Crippen LogP contribution in [0.5, 0.6) is 0 Å². The Morgan fingerprint density at radius 1 is 1.06 bits per heavy atom. The van der Waals surface area contributed by atoms with Crippen LogP contribution in [0.25, 0.3) is 10.9 Å². The van der Waals surface area contributed by atoms with E-state index in [1.54, 1.807) is 0 Å². The number of unbranched alkanes of at least 4 members (excludes halogenated alkanes) is 1. The van der Waals surface area contributed by atoms with E-state index in [9.17, 15) is 18.0 Å². The normalized spacial score (nSPS) is 19.3. The molecule has 0 bridgehead atoms. The molecule has 0 saturated heterocycles. The third kappa shape index (κ3) is 7.55. The average Bonchev–Trinajstić information content (AvgIpc) is 2.75. The fraction of sp³-hybridized carbons (Fsp3) is 0.640. The molecule has 0 atom stereocenters.